The third kappa shape index (κ3) is 2.62. The number of amides is 1. The Morgan fingerprint density at radius 3 is 3.00 bits per heavy atom. The van der Waals surface area contributed by atoms with Gasteiger partial charge in [0.05, 0.1) is 10.7 Å². The van der Waals surface area contributed by atoms with Crippen LogP contribution in [-0.2, 0) is 4.79 Å². The van der Waals surface area contributed by atoms with E-state index in [9.17, 15) is 13.6 Å². The van der Waals surface area contributed by atoms with E-state index in [-0.39, 0.29) is 22.6 Å². The van der Waals surface area contributed by atoms with Gasteiger partial charge in [-0.05, 0) is 6.07 Å². The second-order valence-corrected chi connectivity index (χ2v) is 5.48. The van der Waals surface area contributed by atoms with Gasteiger partial charge in [-0.3, -0.25) is 4.79 Å². The SMILES string of the molecule is O=C(Nc1nc2c(F)cc(F)cc2s1)C1CNCCN1. The molecule has 1 amide bonds. The van der Waals surface area contributed by atoms with Crippen LogP contribution in [0.4, 0.5) is 13.9 Å². The number of aromatic nitrogens is 1. The summed E-state index contributed by atoms with van der Waals surface area (Å²) in [6.07, 6.45) is 0. The lowest BCUT2D eigenvalue weighted by Gasteiger charge is -2.22. The number of hydrogen-bond donors (Lipinski definition) is 3. The number of piperazine rings is 1. The zero-order chi connectivity index (χ0) is 14.1. The molecule has 5 nitrogen and oxygen atoms in total. The van der Waals surface area contributed by atoms with Crippen LogP contribution in [0.1, 0.15) is 0 Å². The summed E-state index contributed by atoms with van der Waals surface area (Å²) < 4.78 is 27.0. The van der Waals surface area contributed by atoms with Gasteiger partial charge in [-0.25, -0.2) is 13.8 Å². The van der Waals surface area contributed by atoms with Crippen molar-refractivity contribution in [2.75, 3.05) is 25.0 Å². The smallest absolute Gasteiger partial charge is 0.244 e. The molecule has 3 rings (SSSR count). The van der Waals surface area contributed by atoms with Gasteiger partial charge in [0.1, 0.15) is 11.3 Å². The number of halogens is 2. The average molecular weight is 298 g/mol. The van der Waals surface area contributed by atoms with Crippen LogP contribution in [0.15, 0.2) is 12.1 Å². The number of anilines is 1. The molecule has 8 heteroatoms. The molecule has 0 saturated carbocycles. The van der Waals surface area contributed by atoms with Gasteiger partial charge in [0.25, 0.3) is 0 Å². The van der Waals surface area contributed by atoms with Crippen molar-refractivity contribution in [1.82, 2.24) is 15.6 Å². The number of carbonyl (C=O) groups is 1. The number of nitrogens with zero attached hydrogens (tertiary/aromatic N) is 1. The highest BCUT2D eigenvalue weighted by atomic mass is 32.1. The van der Waals surface area contributed by atoms with Crippen LogP contribution in [0.3, 0.4) is 0 Å². The first kappa shape index (κ1) is 13.3. The lowest BCUT2D eigenvalue weighted by atomic mass is 10.2. The minimum absolute atomic E-state index is 0.0708. The molecule has 0 bridgehead atoms. The van der Waals surface area contributed by atoms with Crippen LogP contribution in [0.25, 0.3) is 10.2 Å². The summed E-state index contributed by atoms with van der Waals surface area (Å²) in [6.45, 7) is 2.05. The zero-order valence-electron chi connectivity index (χ0n) is 10.4. The monoisotopic (exact) mass is 298 g/mol. The molecule has 1 fully saturated rings. The van der Waals surface area contributed by atoms with Crippen molar-refractivity contribution < 1.29 is 13.6 Å². The molecule has 1 saturated heterocycles. The molecular weight excluding hydrogens is 286 g/mol. The summed E-state index contributed by atoms with van der Waals surface area (Å²) in [4.78, 5) is 16.0. The highest BCUT2D eigenvalue weighted by Crippen LogP contribution is 2.28. The van der Waals surface area contributed by atoms with Crippen molar-refractivity contribution >= 4 is 32.6 Å². The first-order valence-corrected chi connectivity index (χ1v) is 6.96. The Hall–Kier alpha value is -1.64. The molecule has 0 spiro atoms. The fraction of sp³-hybridized carbons (Fsp3) is 0.333. The summed E-state index contributed by atoms with van der Waals surface area (Å²) >= 11 is 1.05. The molecule has 3 N–H and O–H groups in total. The molecule has 1 aromatic carbocycles. The second-order valence-electron chi connectivity index (χ2n) is 4.45. The molecule has 2 aromatic rings. The summed E-state index contributed by atoms with van der Waals surface area (Å²) in [6, 6.07) is 1.63. The minimum atomic E-state index is -0.728. The van der Waals surface area contributed by atoms with Crippen LogP contribution < -0.4 is 16.0 Å². The lowest BCUT2D eigenvalue weighted by Crippen LogP contribution is -2.54. The molecule has 0 aliphatic carbocycles. The average Bonchev–Trinajstić information content (AvgIpc) is 2.82. The standard InChI is InChI=1S/C12H12F2N4OS/c13-6-3-7(14)10-9(4-6)20-12(17-10)18-11(19)8-5-15-1-2-16-8/h3-4,8,15-16H,1-2,5H2,(H,17,18,19). The van der Waals surface area contributed by atoms with Crippen molar-refractivity contribution in [3.63, 3.8) is 0 Å². The third-order valence-electron chi connectivity index (χ3n) is 3.00. The molecule has 106 valence electrons. The van der Waals surface area contributed by atoms with E-state index in [0.717, 1.165) is 23.9 Å². The molecule has 1 atom stereocenters. The molecular formula is C12H12F2N4OS. The summed E-state index contributed by atoms with van der Waals surface area (Å²) in [5.74, 6) is -1.62. The van der Waals surface area contributed by atoms with Crippen molar-refractivity contribution in [3.05, 3.63) is 23.8 Å². The Bertz CT molecular complexity index is 654. The molecule has 1 aliphatic heterocycles. The van der Waals surface area contributed by atoms with E-state index >= 15 is 0 Å². The minimum Gasteiger partial charge on any atom is -0.313 e. The van der Waals surface area contributed by atoms with Crippen molar-refractivity contribution in [1.29, 1.82) is 0 Å². The van der Waals surface area contributed by atoms with Crippen molar-refractivity contribution in [3.8, 4) is 0 Å². The highest BCUT2D eigenvalue weighted by molar-refractivity contribution is 7.22. The van der Waals surface area contributed by atoms with Gasteiger partial charge in [0.2, 0.25) is 5.91 Å². The molecule has 2 heterocycles. The Labute approximate surface area is 117 Å². The maximum Gasteiger partial charge on any atom is 0.244 e. The summed E-state index contributed by atoms with van der Waals surface area (Å²) in [7, 11) is 0. The number of nitrogens with one attached hydrogen (secondary N) is 3. The van der Waals surface area contributed by atoms with E-state index in [2.05, 4.69) is 20.9 Å². The Morgan fingerprint density at radius 2 is 2.25 bits per heavy atom. The maximum absolute atomic E-state index is 13.5. The van der Waals surface area contributed by atoms with Crippen LogP contribution >= 0.6 is 11.3 Å². The van der Waals surface area contributed by atoms with Gasteiger partial charge in [0, 0.05) is 25.7 Å². The van der Waals surface area contributed by atoms with E-state index in [1.807, 2.05) is 0 Å². The summed E-state index contributed by atoms with van der Waals surface area (Å²) in [5, 5.41) is 9.05. The first-order valence-electron chi connectivity index (χ1n) is 6.14. The molecule has 1 unspecified atom stereocenters. The van der Waals surface area contributed by atoms with Crippen LogP contribution in [0.5, 0.6) is 0 Å². The predicted octanol–water partition coefficient (Wildman–Crippen LogP) is 1.07. The van der Waals surface area contributed by atoms with E-state index < -0.39 is 11.6 Å². The number of hydrogen-bond acceptors (Lipinski definition) is 5. The van der Waals surface area contributed by atoms with Gasteiger partial charge < -0.3 is 16.0 Å². The molecule has 1 aliphatic rings. The van der Waals surface area contributed by atoms with Gasteiger partial charge in [-0.2, -0.15) is 0 Å². The van der Waals surface area contributed by atoms with Gasteiger partial charge in [0.15, 0.2) is 10.9 Å². The number of carbonyl (C=O) groups excluding carboxylic acids is 1. The largest absolute Gasteiger partial charge is 0.313 e. The van der Waals surface area contributed by atoms with Crippen molar-refractivity contribution in [2.45, 2.75) is 6.04 Å². The fourth-order valence-corrected chi connectivity index (χ4v) is 2.95. The lowest BCUT2D eigenvalue weighted by molar-refractivity contribution is -0.118. The van der Waals surface area contributed by atoms with E-state index in [0.29, 0.717) is 17.8 Å². The predicted molar refractivity (Wildman–Crippen MR) is 72.8 cm³/mol. The molecule has 1 aromatic heterocycles. The Balaban J connectivity index is 1.80. The first-order chi connectivity index (χ1) is 9.63. The van der Waals surface area contributed by atoms with Crippen molar-refractivity contribution in [2.24, 2.45) is 0 Å². The molecule has 0 radical (unpaired) electrons. The second kappa shape index (κ2) is 5.39. The molecule has 20 heavy (non-hydrogen) atoms. The summed E-state index contributed by atoms with van der Waals surface area (Å²) in [5.41, 5.74) is 0.0708. The van der Waals surface area contributed by atoms with Crippen LogP contribution in [-0.4, -0.2) is 36.6 Å². The van der Waals surface area contributed by atoms with E-state index in [4.69, 9.17) is 0 Å². The Kier molecular flexibility index (Phi) is 3.60. The Morgan fingerprint density at radius 1 is 1.40 bits per heavy atom. The quantitative estimate of drug-likeness (QED) is 0.776. The normalized spacial score (nSPS) is 19.2. The fourth-order valence-electron chi connectivity index (χ4n) is 2.04. The van der Waals surface area contributed by atoms with Crippen LogP contribution in [0, 0.1) is 11.6 Å². The van der Waals surface area contributed by atoms with Gasteiger partial charge in [-0.15, -0.1) is 0 Å². The zero-order valence-corrected chi connectivity index (χ0v) is 11.2. The number of thiazole rings is 1. The third-order valence-corrected chi connectivity index (χ3v) is 3.92. The highest BCUT2D eigenvalue weighted by Gasteiger charge is 2.21. The maximum atomic E-state index is 13.5. The van der Waals surface area contributed by atoms with Gasteiger partial charge >= 0.3 is 0 Å². The van der Waals surface area contributed by atoms with E-state index in [1.165, 1.54) is 6.07 Å². The van der Waals surface area contributed by atoms with Crippen LogP contribution in [0.2, 0.25) is 0 Å². The number of rotatable bonds is 2. The topological polar surface area (TPSA) is 66.0 Å². The van der Waals surface area contributed by atoms with Gasteiger partial charge in [-0.1, -0.05) is 11.3 Å². The van der Waals surface area contributed by atoms with E-state index in [1.54, 1.807) is 0 Å². The number of benzene rings is 1. The number of fused-ring (bicyclic) bond motifs is 1.